The van der Waals surface area contributed by atoms with Crippen LogP contribution in [0.3, 0.4) is 0 Å². The van der Waals surface area contributed by atoms with Crippen LogP contribution < -0.4 is 0 Å². The molecule has 0 aromatic carbocycles. The van der Waals surface area contributed by atoms with Crippen LogP contribution in [-0.4, -0.2) is 29.3 Å². The predicted molar refractivity (Wildman–Crippen MR) is 65.7 cm³/mol. The summed E-state index contributed by atoms with van der Waals surface area (Å²) in [5.74, 6) is 0.120. The highest BCUT2D eigenvalue weighted by atomic mass is 79.9. The number of hydrogen-bond donors (Lipinski definition) is 0. The number of hydrogen-bond acceptors (Lipinski definition) is 3. The van der Waals surface area contributed by atoms with Crippen LogP contribution in [0.2, 0.25) is 0 Å². The van der Waals surface area contributed by atoms with Crippen molar-refractivity contribution in [2.24, 2.45) is 0 Å². The largest absolute Gasteiger partial charge is 0.385 e. The second-order valence-corrected chi connectivity index (χ2v) is 4.44. The SMILES string of the molecule is CCCn1ncc(Br)c1C(=O)CCCOC. The second-order valence-electron chi connectivity index (χ2n) is 3.58. The highest BCUT2D eigenvalue weighted by molar-refractivity contribution is 9.10. The molecule has 1 heterocycles. The van der Waals surface area contributed by atoms with Crippen LogP contribution >= 0.6 is 15.9 Å². The quantitative estimate of drug-likeness (QED) is 0.572. The maximum atomic E-state index is 12.0. The standard InChI is InChI=1S/C11H17BrN2O2/c1-3-6-14-11(9(12)8-13-14)10(15)5-4-7-16-2/h8H,3-7H2,1-2H3. The lowest BCUT2D eigenvalue weighted by molar-refractivity contribution is 0.0952. The maximum Gasteiger partial charge on any atom is 0.182 e. The summed E-state index contributed by atoms with van der Waals surface area (Å²) in [5.41, 5.74) is 0.679. The summed E-state index contributed by atoms with van der Waals surface area (Å²) in [5, 5.41) is 4.17. The number of halogens is 1. The summed E-state index contributed by atoms with van der Waals surface area (Å²) in [6.07, 6.45) is 3.90. The van der Waals surface area contributed by atoms with E-state index in [9.17, 15) is 4.79 Å². The average molecular weight is 289 g/mol. The van der Waals surface area contributed by atoms with Crippen molar-refractivity contribution in [3.05, 3.63) is 16.4 Å². The average Bonchev–Trinajstić information content (AvgIpc) is 2.61. The molecular weight excluding hydrogens is 272 g/mol. The fourth-order valence-corrected chi connectivity index (χ4v) is 2.03. The monoisotopic (exact) mass is 288 g/mol. The molecule has 1 aromatic heterocycles. The Morgan fingerprint density at radius 3 is 3.00 bits per heavy atom. The molecule has 1 rings (SSSR count). The molecule has 0 radical (unpaired) electrons. The molecule has 16 heavy (non-hydrogen) atoms. The fraction of sp³-hybridized carbons (Fsp3) is 0.636. The van der Waals surface area contributed by atoms with E-state index in [4.69, 9.17) is 4.74 Å². The van der Waals surface area contributed by atoms with Gasteiger partial charge in [-0.3, -0.25) is 9.48 Å². The van der Waals surface area contributed by atoms with Gasteiger partial charge in [0.15, 0.2) is 5.78 Å². The number of aryl methyl sites for hydroxylation is 1. The van der Waals surface area contributed by atoms with Crippen molar-refractivity contribution in [2.75, 3.05) is 13.7 Å². The molecule has 90 valence electrons. The Morgan fingerprint density at radius 1 is 1.62 bits per heavy atom. The predicted octanol–water partition coefficient (Wildman–Crippen LogP) is 2.66. The lowest BCUT2D eigenvalue weighted by atomic mass is 10.2. The first-order chi connectivity index (χ1) is 7.70. The summed E-state index contributed by atoms with van der Waals surface area (Å²) in [7, 11) is 1.64. The van der Waals surface area contributed by atoms with Crippen molar-refractivity contribution in [3.63, 3.8) is 0 Å². The molecule has 0 saturated carbocycles. The van der Waals surface area contributed by atoms with Gasteiger partial charge in [-0.25, -0.2) is 0 Å². The summed E-state index contributed by atoms with van der Waals surface area (Å²) >= 11 is 3.36. The molecule has 0 aliphatic carbocycles. The van der Waals surface area contributed by atoms with Crippen LogP contribution in [0.15, 0.2) is 10.7 Å². The molecule has 4 nitrogen and oxygen atoms in total. The third-order valence-corrected chi connectivity index (χ3v) is 2.83. The van der Waals surface area contributed by atoms with Crippen LogP contribution in [0.1, 0.15) is 36.7 Å². The number of Topliss-reactive ketones (excluding diaryl/α,β-unsaturated/α-hetero) is 1. The van der Waals surface area contributed by atoms with E-state index in [1.165, 1.54) is 0 Å². The Hall–Kier alpha value is -0.680. The summed E-state index contributed by atoms with van der Waals surface area (Å²) in [6, 6.07) is 0. The van der Waals surface area contributed by atoms with Crippen LogP contribution in [0.25, 0.3) is 0 Å². The molecule has 0 bridgehead atoms. The number of methoxy groups -OCH3 is 1. The van der Waals surface area contributed by atoms with Crippen LogP contribution in [0, 0.1) is 0 Å². The van der Waals surface area contributed by atoms with Crippen LogP contribution in [-0.2, 0) is 11.3 Å². The number of aromatic nitrogens is 2. The van der Waals surface area contributed by atoms with Gasteiger partial charge in [0.05, 0.1) is 10.7 Å². The van der Waals surface area contributed by atoms with Gasteiger partial charge in [-0.1, -0.05) is 6.92 Å². The number of carbonyl (C=O) groups excluding carboxylic acids is 1. The lowest BCUT2D eigenvalue weighted by Crippen LogP contribution is -2.11. The van der Waals surface area contributed by atoms with Crippen molar-refractivity contribution in [1.82, 2.24) is 9.78 Å². The minimum atomic E-state index is 0.120. The number of ketones is 1. The molecule has 0 unspecified atom stereocenters. The van der Waals surface area contributed by atoms with Gasteiger partial charge >= 0.3 is 0 Å². The van der Waals surface area contributed by atoms with E-state index in [1.807, 2.05) is 0 Å². The Labute approximate surface area is 104 Å². The van der Waals surface area contributed by atoms with E-state index in [2.05, 4.69) is 28.0 Å². The highest BCUT2D eigenvalue weighted by Gasteiger charge is 2.16. The highest BCUT2D eigenvalue weighted by Crippen LogP contribution is 2.18. The molecular formula is C11H17BrN2O2. The van der Waals surface area contributed by atoms with Gasteiger partial charge in [-0.2, -0.15) is 5.10 Å². The molecule has 5 heteroatoms. The van der Waals surface area contributed by atoms with Gasteiger partial charge in [0.2, 0.25) is 0 Å². The molecule has 0 spiro atoms. The van der Waals surface area contributed by atoms with Crippen LogP contribution in [0.4, 0.5) is 0 Å². The first kappa shape index (κ1) is 13.4. The van der Waals surface area contributed by atoms with E-state index in [1.54, 1.807) is 18.0 Å². The summed E-state index contributed by atoms with van der Waals surface area (Å²) in [6.45, 7) is 3.46. The lowest BCUT2D eigenvalue weighted by Gasteiger charge is -2.05. The molecule has 0 saturated heterocycles. The number of carbonyl (C=O) groups is 1. The van der Waals surface area contributed by atoms with Gasteiger partial charge in [0, 0.05) is 26.7 Å². The molecule has 0 aliphatic heterocycles. The molecule has 0 aliphatic rings. The first-order valence-electron chi connectivity index (χ1n) is 5.44. The van der Waals surface area contributed by atoms with E-state index < -0.39 is 0 Å². The molecule has 1 aromatic rings. The van der Waals surface area contributed by atoms with Crippen molar-refractivity contribution in [1.29, 1.82) is 0 Å². The van der Waals surface area contributed by atoms with Crippen molar-refractivity contribution < 1.29 is 9.53 Å². The Bertz CT molecular complexity index is 350. The molecule has 0 amide bonds. The normalized spacial score (nSPS) is 10.7. The van der Waals surface area contributed by atoms with Crippen molar-refractivity contribution in [3.8, 4) is 0 Å². The van der Waals surface area contributed by atoms with E-state index in [0.29, 0.717) is 18.7 Å². The number of nitrogens with zero attached hydrogens (tertiary/aromatic N) is 2. The maximum absolute atomic E-state index is 12.0. The second kappa shape index (κ2) is 6.81. The van der Waals surface area contributed by atoms with Gasteiger partial charge in [0.25, 0.3) is 0 Å². The van der Waals surface area contributed by atoms with Gasteiger partial charge < -0.3 is 4.74 Å². The number of ether oxygens (including phenoxy) is 1. The van der Waals surface area contributed by atoms with E-state index >= 15 is 0 Å². The first-order valence-corrected chi connectivity index (χ1v) is 6.23. The van der Waals surface area contributed by atoms with E-state index in [-0.39, 0.29) is 5.78 Å². The summed E-state index contributed by atoms with van der Waals surface area (Å²) < 4.78 is 7.48. The zero-order valence-electron chi connectivity index (χ0n) is 9.70. The molecule has 0 atom stereocenters. The topological polar surface area (TPSA) is 44.1 Å². The van der Waals surface area contributed by atoms with Gasteiger partial charge in [-0.05, 0) is 28.8 Å². The van der Waals surface area contributed by atoms with E-state index in [0.717, 1.165) is 23.9 Å². The summed E-state index contributed by atoms with van der Waals surface area (Å²) in [4.78, 5) is 12.0. The third-order valence-electron chi connectivity index (χ3n) is 2.25. The Kier molecular flexibility index (Phi) is 5.69. The zero-order valence-corrected chi connectivity index (χ0v) is 11.3. The van der Waals surface area contributed by atoms with Crippen LogP contribution in [0.5, 0.6) is 0 Å². The Balaban J connectivity index is 2.69. The third kappa shape index (κ3) is 3.42. The minimum absolute atomic E-state index is 0.120. The molecule has 0 fully saturated rings. The Morgan fingerprint density at radius 2 is 2.38 bits per heavy atom. The fourth-order valence-electron chi connectivity index (χ4n) is 1.52. The molecule has 0 N–H and O–H groups in total. The zero-order chi connectivity index (χ0) is 12.0. The van der Waals surface area contributed by atoms with Crippen molar-refractivity contribution in [2.45, 2.75) is 32.7 Å². The van der Waals surface area contributed by atoms with Gasteiger partial charge in [-0.15, -0.1) is 0 Å². The smallest absolute Gasteiger partial charge is 0.182 e. The number of rotatable bonds is 7. The minimum Gasteiger partial charge on any atom is -0.385 e. The van der Waals surface area contributed by atoms with Crippen molar-refractivity contribution >= 4 is 21.7 Å². The van der Waals surface area contributed by atoms with Gasteiger partial charge in [0.1, 0.15) is 5.69 Å².